The van der Waals surface area contributed by atoms with E-state index in [0.717, 1.165) is 16.0 Å². The molecule has 1 aromatic heterocycles. The molecule has 2 aromatic carbocycles. The van der Waals surface area contributed by atoms with Gasteiger partial charge in [0.2, 0.25) is 5.82 Å². The maximum Gasteiger partial charge on any atom is 0.262 e. The third-order valence-corrected chi connectivity index (χ3v) is 4.91. The summed E-state index contributed by atoms with van der Waals surface area (Å²) < 4.78 is 0. The van der Waals surface area contributed by atoms with E-state index in [4.69, 9.17) is 0 Å². The van der Waals surface area contributed by atoms with E-state index in [2.05, 4.69) is 26.3 Å². The van der Waals surface area contributed by atoms with Crippen LogP contribution in [0.15, 0.2) is 59.5 Å². The van der Waals surface area contributed by atoms with Crippen molar-refractivity contribution >= 4 is 23.6 Å². The average Bonchev–Trinajstić information content (AvgIpc) is 3.17. The van der Waals surface area contributed by atoms with Crippen molar-refractivity contribution in [3.63, 3.8) is 0 Å². The Morgan fingerprint density at radius 3 is 2.50 bits per heavy atom. The molecular weight excluding hydrogens is 376 g/mol. The summed E-state index contributed by atoms with van der Waals surface area (Å²) in [5.74, 6) is -0.311. The highest BCUT2D eigenvalue weighted by Crippen LogP contribution is 2.23. The lowest BCUT2D eigenvalue weighted by atomic mass is 10.2. The van der Waals surface area contributed by atoms with Crippen LogP contribution in [0.4, 0.5) is 0 Å². The second-order valence-electron chi connectivity index (χ2n) is 6.12. The number of hydrogen-bond donors (Lipinski definition) is 2. The Morgan fingerprint density at radius 2 is 1.79 bits per heavy atom. The molecule has 1 heterocycles. The van der Waals surface area contributed by atoms with Gasteiger partial charge in [-0.1, -0.05) is 48.0 Å². The molecule has 2 amide bonds. The zero-order valence-corrected chi connectivity index (χ0v) is 16.3. The number of rotatable bonds is 6. The quantitative estimate of drug-likeness (QED) is 0.488. The molecule has 0 bridgehead atoms. The van der Waals surface area contributed by atoms with Gasteiger partial charge in [-0.3, -0.25) is 20.4 Å². The molecule has 0 spiro atoms. The van der Waals surface area contributed by atoms with Crippen molar-refractivity contribution in [3.05, 3.63) is 60.2 Å². The minimum absolute atomic E-state index is 0.153. The van der Waals surface area contributed by atoms with Crippen LogP contribution in [0.25, 0.3) is 11.4 Å². The lowest BCUT2D eigenvalue weighted by molar-refractivity contribution is -0.129. The number of amides is 2. The average molecular weight is 396 g/mol. The highest BCUT2D eigenvalue weighted by molar-refractivity contribution is 8.00. The smallest absolute Gasteiger partial charge is 0.262 e. The summed E-state index contributed by atoms with van der Waals surface area (Å²) >= 11 is 1.41. The maximum absolute atomic E-state index is 12.2. The summed E-state index contributed by atoms with van der Waals surface area (Å²) in [7, 11) is 0. The van der Waals surface area contributed by atoms with Crippen LogP contribution in [0.3, 0.4) is 0 Å². The summed E-state index contributed by atoms with van der Waals surface area (Å²) in [6.45, 7) is 3.63. The first kappa shape index (κ1) is 19.6. The molecule has 0 fully saturated rings. The van der Waals surface area contributed by atoms with Gasteiger partial charge in [-0.2, -0.15) is 4.80 Å². The normalized spacial score (nSPS) is 11.6. The molecule has 0 saturated heterocycles. The second-order valence-corrected chi connectivity index (χ2v) is 7.53. The molecule has 9 heteroatoms. The molecule has 8 nitrogen and oxygen atoms in total. The molecule has 1 atom stereocenters. The molecule has 0 aliphatic carbocycles. The fourth-order valence-corrected chi connectivity index (χ4v) is 3.16. The summed E-state index contributed by atoms with van der Waals surface area (Å²) in [6, 6.07) is 17.2. The Bertz CT molecular complexity index is 943. The molecule has 0 aliphatic rings. The number of nitrogens with one attached hydrogen (secondary N) is 2. The Balaban J connectivity index is 1.46. The van der Waals surface area contributed by atoms with Crippen LogP contribution in [-0.2, 0) is 16.1 Å². The van der Waals surface area contributed by atoms with Crippen molar-refractivity contribution in [1.29, 1.82) is 0 Å². The van der Waals surface area contributed by atoms with Gasteiger partial charge in [0, 0.05) is 10.5 Å². The predicted molar refractivity (Wildman–Crippen MR) is 106 cm³/mol. The number of hydrogen-bond acceptors (Lipinski definition) is 6. The van der Waals surface area contributed by atoms with Crippen LogP contribution in [0.2, 0.25) is 0 Å². The van der Waals surface area contributed by atoms with E-state index in [-0.39, 0.29) is 17.7 Å². The second kappa shape index (κ2) is 9.14. The van der Waals surface area contributed by atoms with Crippen LogP contribution in [-0.4, -0.2) is 37.3 Å². The van der Waals surface area contributed by atoms with Gasteiger partial charge in [-0.25, -0.2) is 0 Å². The standard InChI is InChI=1S/C19H20N6O2S/c1-13-8-10-16(11-9-13)28-14(2)19(27)22-20-17(26)12-25-23-18(21-24-25)15-6-4-3-5-7-15/h3-11,14H,12H2,1-2H3,(H,20,26)(H,22,27)/t14-/m1/s1. The Labute approximate surface area is 166 Å². The number of carbonyl (C=O) groups excluding carboxylic acids is 2. The summed E-state index contributed by atoms with van der Waals surface area (Å²) in [5, 5.41) is 11.6. The van der Waals surface area contributed by atoms with E-state index >= 15 is 0 Å². The first-order valence-corrected chi connectivity index (χ1v) is 9.54. The molecule has 0 radical (unpaired) electrons. The number of aryl methyl sites for hydroxylation is 1. The number of hydrazine groups is 1. The van der Waals surface area contributed by atoms with E-state index in [9.17, 15) is 9.59 Å². The summed E-state index contributed by atoms with van der Waals surface area (Å²) in [4.78, 5) is 26.3. The maximum atomic E-state index is 12.2. The molecule has 28 heavy (non-hydrogen) atoms. The van der Waals surface area contributed by atoms with Crippen LogP contribution < -0.4 is 10.9 Å². The summed E-state index contributed by atoms with van der Waals surface area (Å²) in [6.07, 6.45) is 0. The number of carbonyl (C=O) groups is 2. The third-order valence-electron chi connectivity index (χ3n) is 3.80. The van der Waals surface area contributed by atoms with Gasteiger partial charge < -0.3 is 0 Å². The lowest BCUT2D eigenvalue weighted by Crippen LogP contribution is -2.46. The van der Waals surface area contributed by atoms with Gasteiger partial charge in [0.05, 0.1) is 5.25 Å². The number of tetrazole rings is 1. The first-order valence-electron chi connectivity index (χ1n) is 8.66. The fraction of sp³-hybridized carbons (Fsp3) is 0.211. The van der Waals surface area contributed by atoms with E-state index in [1.165, 1.54) is 16.6 Å². The lowest BCUT2D eigenvalue weighted by Gasteiger charge is -2.12. The Hall–Kier alpha value is -3.20. The van der Waals surface area contributed by atoms with Crippen molar-refractivity contribution in [2.24, 2.45) is 0 Å². The number of thioether (sulfide) groups is 1. The van der Waals surface area contributed by atoms with Gasteiger partial charge in [0.25, 0.3) is 11.8 Å². The van der Waals surface area contributed by atoms with E-state index < -0.39 is 5.91 Å². The number of benzene rings is 2. The Kier molecular flexibility index (Phi) is 6.38. The molecule has 2 N–H and O–H groups in total. The summed E-state index contributed by atoms with van der Waals surface area (Å²) in [5.41, 5.74) is 6.77. The molecule has 3 aromatic rings. The molecule has 0 aliphatic heterocycles. The van der Waals surface area contributed by atoms with E-state index in [1.807, 2.05) is 61.5 Å². The molecule has 3 rings (SSSR count). The highest BCUT2D eigenvalue weighted by atomic mass is 32.2. The Morgan fingerprint density at radius 1 is 1.07 bits per heavy atom. The fourth-order valence-electron chi connectivity index (χ4n) is 2.29. The van der Waals surface area contributed by atoms with Gasteiger partial charge in [0.1, 0.15) is 6.54 Å². The molecule has 0 unspecified atom stereocenters. The minimum atomic E-state index is -0.446. The van der Waals surface area contributed by atoms with E-state index in [1.54, 1.807) is 6.92 Å². The van der Waals surface area contributed by atoms with Crippen LogP contribution in [0.1, 0.15) is 12.5 Å². The first-order chi connectivity index (χ1) is 13.5. The van der Waals surface area contributed by atoms with Gasteiger partial charge in [0.15, 0.2) is 0 Å². The van der Waals surface area contributed by atoms with Crippen molar-refractivity contribution in [3.8, 4) is 11.4 Å². The molecular formula is C19H20N6O2S. The van der Waals surface area contributed by atoms with Crippen LogP contribution >= 0.6 is 11.8 Å². The largest absolute Gasteiger partial charge is 0.272 e. The number of aromatic nitrogens is 4. The van der Waals surface area contributed by atoms with E-state index in [0.29, 0.717) is 5.82 Å². The van der Waals surface area contributed by atoms with Crippen LogP contribution in [0, 0.1) is 6.92 Å². The topological polar surface area (TPSA) is 102 Å². The SMILES string of the molecule is Cc1ccc(S[C@H](C)C(=O)NNC(=O)Cn2nnc(-c3ccccc3)n2)cc1. The van der Waals surface area contributed by atoms with Crippen molar-refractivity contribution in [2.75, 3.05) is 0 Å². The number of nitrogens with zero attached hydrogens (tertiary/aromatic N) is 4. The van der Waals surface area contributed by atoms with Crippen LogP contribution in [0.5, 0.6) is 0 Å². The van der Waals surface area contributed by atoms with Crippen molar-refractivity contribution < 1.29 is 9.59 Å². The van der Waals surface area contributed by atoms with Gasteiger partial charge in [-0.05, 0) is 31.2 Å². The minimum Gasteiger partial charge on any atom is -0.272 e. The predicted octanol–water partition coefficient (Wildman–Crippen LogP) is 1.98. The van der Waals surface area contributed by atoms with Crippen molar-refractivity contribution in [2.45, 2.75) is 30.5 Å². The zero-order valence-electron chi connectivity index (χ0n) is 15.5. The van der Waals surface area contributed by atoms with Crippen molar-refractivity contribution in [1.82, 2.24) is 31.1 Å². The third kappa shape index (κ3) is 5.40. The monoisotopic (exact) mass is 396 g/mol. The molecule has 144 valence electrons. The highest BCUT2D eigenvalue weighted by Gasteiger charge is 2.16. The zero-order chi connectivity index (χ0) is 19.9. The van der Waals surface area contributed by atoms with Gasteiger partial charge >= 0.3 is 0 Å². The van der Waals surface area contributed by atoms with Gasteiger partial charge in [-0.15, -0.1) is 22.0 Å². The molecule has 0 saturated carbocycles.